The molecule has 0 aliphatic heterocycles. The number of carbonyl (C=O) groups excluding carboxylic acids is 2. The molecule has 1 N–H and O–H groups in total. The van der Waals surface area contributed by atoms with Gasteiger partial charge in [-0.05, 0) is 0 Å². The van der Waals surface area contributed by atoms with Gasteiger partial charge >= 0.3 is 16.8 Å². The van der Waals surface area contributed by atoms with Gasteiger partial charge in [-0.3, -0.25) is 0 Å². The van der Waals surface area contributed by atoms with Crippen LogP contribution in [0, 0.1) is 0 Å². The third-order valence-corrected chi connectivity index (χ3v) is 0.487. The average molecular weight is 190 g/mol. The molecule has 0 fully saturated rings. The van der Waals surface area contributed by atoms with E-state index in [9.17, 15) is 19.8 Å². The predicted molar refractivity (Wildman–Crippen MR) is 19.2 cm³/mol. The molecule has 0 aromatic rings. The first-order chi connectivity index (χ1) is 4.09. The topological polar surface area (TPSA) is 113 Å². The molecule has 0 aliphatic carbocycles. The Balaban J connectivity index is 0. The minimum absolute atomic E-state index is 0. The zero-order chi connectivity index (χ0) is 7.44. The Morgan fingerprint density at radius 2 is 1.50 bits per heavy atom. The van der Waals surface area contributed by atoms with Crippen LogP contribution in [-0.4, -0.2) is 22.9 Å². The summed E-state index contributed by atoms with van der Waals surface area (Å²) >= 11 is 0. The Labute approximate surface area is 65.3 Å². The summed E-state index contributed by atoms with van der Waals surface area (Å²) in [5, 5.41) is 28.6. The van der Waals surface area contributed by atoms with E-state index < -0.39 is 17.7 Å². The maximum absolute atomic E-state index is 9.55. The van der Waals surface area contributed by atoms with Gasteiger partial charge in [0.2, 0.25) is 0 Å². The zero-order valence-corrected chi connectivity index (χ0v) is 5.40. The third-order valence-electron chi connectivity index (χ3n) is 0.487. The molecule has 0 spiro atoms. The van der Waals surface area contributed by atoms with Crippen LogP contribution >= 0.6 is 0 Å². The van der Waals surface area contributed by atoms with Crippen molar-refractivity contribution in [3.63, 3.8) is 0 Å². The number of aliphatic carboxylic acids is 2. The summed E-state index contributed by atoms with van der Waals surface area (Å²) < 4.78 is 0. The monoisotopic (exact) mass is 190 g/mol. The van der Waals surface area contributed by atoms with Gasteiger partial charge in [-0.15, -0.1) is 0 Å². The van der Waals surface area contributed by atoms with Gasteiger partial charge in [0.1, 0.15) is 5.71 Å². The summed E-state index contributed by atoms with van der Waals surface area (Å²) in [6, 6.07) is 0. The molecule has 0 saturated carbocycles. The van der Waals surface area contributed by atoms with E-state index in [-0.39, 0.29) is 16.8 Å². The molecule has 0 atom stereocenters. The zero-order valence-electron chi connectivity index (χ0n) is 4.36. The van der Waals surface area contributed by atoms with Crippen LogP contribution in [0.3, 0.4) is 0 Å². The number of carbonyl (C=O) groups is 2. The van der Waals surface area contributed by atoms with Gasteiger partial charge in [0.05, 0.1) is 11.9 Å². The molecule has 7 heteroatoms. The molecule has 0 aliphatic rings. The summed E-state index contributed by atoms with van der Waals surface area (Å²) in [6.45, 7) is 0. The summed E-state index contributed by atoms with van der Waals surface area (Å²) in [6.07, 6.45) is 0. The van der Waals surface area contributed by atoms with Crippen LogP contribution in [0.1, 0.15) is 0 Å². The maximum Gasteiger partial charge on any atom is 2.00 e. The first-order valence-electron chi connectivity index (χ1n) is 1.74. The standard InChI is InChI=1S/C3H3NO5.Co/c5-2(6)1(4-9)3(7)8;/h9H,(H,5,6)(H,7,8);/q;+2/p-2. The van der Waals surface area contributed by atoms with Gasteiger partial charge < -0.3 is 25.0 Å². The molecular weight excluding hydrogens is 189 g/mol. The minimum atomic E-state index is -2.09. The van der Waals surface area contributed by atoms with Crippen molar-refractivity contribution in [3.05, 3.63) is 0 Å². The summed E-state index contributed by atoms with van der Waals surface area (Å²) in [5.41, 5.74) is -1.52. The van der Waals surface area contributed by atoms with Crippen LogP contribution in [0.2, 0.25) is 0 Å². The van der Waals surface area contributed by atoms with E-state index in [1.807, 2.05) is 5.16 Å². The van der Waals surface area contributed by atoms with Crippen LogP contribution in [0.25, 0.3) is 0 Å². The van der Waals surface area contributed by atoms with Gasteiger partial charge in [0.25, 0.3) is 0 Å². The van der Waals surface area contributed by atoms with Gasteiger partial charge in [0, 0.05) is 0 Å². The largest absolute Gasteiger partial charge is 2.00 e. The van der Waals surface area contributed by atoms with Crippen LogP contribution in [0.4, 0.5) is 0 Å². The fourth-order valence-corrected chi connectivity index (χ4v) is 0.165. The van der Waals surface area contributed by atoms with Crippen molar-refractivity contribution in [2.24, 2.45) is 5.16 Å². The van der Waals surface area contributed by atoms with Crippen molar-refractivity contribution >= 4 is 17.7 Å². The molecule has 0 saturated heterocycles. The molecule has 10 heavy (non-hydrogen) atoms. The molecule has 0 aromatic heterocycles. The molecule has 0 bridgehead atoms. The minimum Gasteiger partial charge on any atom is -0.543 e. The Bertz CT molecular complexity index is 160. The number of hydrogen-bond donors (Lipinski definition) is 1. The number of carboxylic acids is 2. The number of carboxylic acid groups (broad SMARTS) is 2. The molecule has 6 nitrogen and oxygen atoms in total. The number of nitrogens with zero attached hydrogens (tertiary/aromatic N) is 1. The fourth-order valence-electron chi connectivity index (χ4n) is 0.165. The molecule has 0 aromatic carbocycles. The van der Waals surface area contributed by atoms with Crippen molar-refractivity contribution in [3.8, 4) is 0 Å². The average Bonchev–Trinajstić information content (AvgIpc) is 1.64. The van der Waals surface area contributed by atoms with Crippen molar-refractivity contribution in [2.75, 3.05) is 0 Å². The van der Waals surface area contributed by atoms with E-state index in [0.29, 0.717) is 0 Å². The van der Waals surface area contributed by atoms with Crippen molar-refractivity contribution in [2.45, 2.75) is 0 Å². The Morgan fingerprint density at radius 1 is 1.20 bits per heavy atom. The number of rotatable bonds is 2. The van der Waals surface area contributed by atoms with E-state index in [1.165, 1.54) is 0 Å². The van der Waals surface area contributed by atoms with Crippen molar-refractivity contribution in [1.29, 1.82) is 0 Å². The van der Waals surface area contributed by atoms with E-state index in [1.54, 1.807) is 0 Å². The number of hydrogen-bond acceptors (Lipinski definition) is 6. The Morgan fingerprint density at radius 3 is 1.50 bits per heavy atom. The molecule has 0 rings (SSSR count). The Kier molecular flexibility index (Phi) is 5.56. The second-order valence-corrected chi connectivity index (χ2v) is 1.02. The normalized spacial score (nSPS) is 7.20. The molecule has 0 unspecified atom stereocenters. The van der Waals surface area contributed by atoms with Crippen LogP contribution in [0.5, 0.6) is 0 Å². The quantitative estimate of drug-likeness (QED) is 0.208. The third kappa shape index (κ3) is 3.05. The number of oxime groups is 1. The first-order valence-corrected chi connectivity index (χ1v) is 1.74. The van der Waals surface area contributed by atoms with E-state index in [4.69, 9.17) is 5.21 Å². The Hall–Kier alpha value is -1.08. The first kappa shape index (κ1) is 11.7. The van der Waals surface area contributed by atoms with Gasteiger partial charge in [-0.2, -0.15) is 0 Å². The van der Waals surface area contributed by atoms with Crippen molar-refractivity contribution < 1.29 is 41.8 Å². The molecular formula is C3HCoNO5. The smallest absolute Gasteiger partial charge is 0.543 e. The van der Waals surface area contributed by atoms with Crippen LogP contribution in [0.15, 0.2) is 5.16 Å². The van der Waals surface area contributed by atoms with Crippen LogP contribution in [-0.2, 0) is 26.4 Å². The molecule has 1 radical (unpaired) electrons. The second-order valence-electron chi connectivity index (χ2n) is 1.02. The van der Waals surface area contributed by atoms with Gasteiger partial charge in [0.15, 0.2) is 0 Å². The predicted octanol–water partition coefficient (Wildman–Crippen LogP) is -3.69. The van der Waals surface area contributed by atoms with Gasteiger partial charge in [-0.1, -0.05) is 5.16 Å². The fraction of sp³-hybridized carbons (Fsp3) is 0. The van der Waals surface area contributed by atoms with E-state index in [2.05, 4.69) is 0 Å². The second kappa shape index (κ2) is 4.76. The molecule has 57 valence electrons. The maximum atomic E-state index is 9.55. The van der Waals surface area contributed by atoms with E-state index in [0.717, 1.165) is 0 Å². The SMILES string of the molecule is O=C([O-])C(=NO)C(=O)[O-].[Co+2]. The molecule has 0 amide bonds. The van der Waals surface area contributed by atoms with Gasteiger partial charge in [-0.25, -0.2) is 0 Å². The van der Waals surface area contributed by atoms with E-state index >= 15 is 0 Å². The summed E-state index contributed by atoms with van der Waals surface area (Å²) in [4.78, 5) is 19.1. The summed E-state index contributed by atoms with van der Waals surface area (Å²) in [5.74, 6) is -4.17. The molecule has 0 heterocycles. The van der Waals surface area contributed by atoms with Crippen LogP contribution < -0.4 is 10.2 Å². The van der Waals surface area contributed by atoms with Crippen molar-refractivity contribution in [1.82, 2.24) is 0 Å². The summed E-state index contributed by atoms with van der Waals surface area (Å²) in [7, 11) is 0.